The number of hydrogen-bond acceptors (Lipinski definition) is 8. The normalized spacial score (nSPS) is 14.0. The van der Waals surface area contributed by atoms with Gasteiger partial charge in [0.15, 0.2) is 0 Å². The maximum atomic E-state index is 12.6. The Kier molecular flexibility index (Phi) is 7.06. The molecule has 2 heterocycles. The fourth-order valence-electron chi connectivity index (χ4n) is 3.50. The first-order valence-electron chi connectivity index (χ1n) is 10.9. The Balaban J connectivity index is 1.47. The molecule has 1 aliphatic heterocycles. The molecular formula is C23H27N7O3S. The summed E-state index contributed by atoms with van der Waals surface area (Å²) >= 11 is 0. The molecule has 1 fully saturated rings. The van der Waals surface area contributed by atoms with E-state index in [9.17, 15) is 13.2 Å². The monoisotopic (exact) mass is 481 g/mol. The molecule has 0 spiro atoms. The molecule has 10 nitrogen and oxygen atoms in total. The Hall–Kier alpha value is -3.54. The van der Waals surface area contributed by atoms with Crippen molar-refractivity contribution in [1.82, 2.24) is 24.9 Å². The standard InChI is InChI=1S/C23H27N7O3S/c1-16-15-26-23(29-21(16)27-19-4-3-5-20(14-19)34(32,33)24-2)28-18-8-6-17(7-9-18)22(31)30-12-10-25-11-13-30/h3-9,14-15,24-25H,10-13H2,1-2H3,(H2,26,27,28,29). The van der Waals surface area contributed by atoms with Crippen molar-refractivity contribution in [3.63, 3.8) is 0 Å². The minimum absolute atomic E-state index is 0.0219. The van der Waals surface area contributed by atoms with Gasteiger partial charge in [0.2, 0.25) is 16.0 Å². The van der Waals surface area contributed by atoms with Crippen LogP contribution in [-0.4, -0.2) is 62.4 Å². The molecule has 3 aromatic rings. The summed E-state index contributed by atoms with van der Waals surface area (Å²) in [7, 11) is -2.18. The zero-order chi connectivity index (χ0) is 24.1. The van der Waals surface area contributed by atoms with Crippen LogP contribution >= 0.6 is 0 Å². The Morgan fingerprint density at radius 3 is 2.47 bits per heavy atom. The highest BCUT2D eigenvalue weighted by Crippen LogP contribution is 2.23. The van der Waals surface area contributed by atoms with Crippen molar-refractivity contribution >= 4 is 39.1 Å². The lowest BCUT2D eigenvalue weighted by Gasteiger charge is -2.27. The molecule has 1 saturated heterocycles. The molecule has 0 aliphatic carbocycles. The molecule has 0 unspecified atom stereocenters. The topological polar surface area (TPSA) is 128 Å². The third-order valence-corrected chi connectivity index (χ3v) is 6.85. The highest BCUT2D eigenvalue weighted by atomic mass is 32.2. The van der Waals surface area contributed by atoms with Gasteiger partial charge >= 0.3 is 0 Å². The predicted molar refractivity (Wildman–Crippen MR) is 131 cm³/mol. The molecule has 1 amide bonds. The third-order valence-electron chi connectivity index (χ3n) is 5.44. The molecule has 0 saturated carbocycles. The maximum absolute atomic E-state index is 12.6. The molecule has 2 aromatic carbocycles. The zero-order valence-corrected chi connectivity index (χ0v) is 19.8. The van der Waals surface area contributed by atoms with E-state index in [4.69, 9.17) is 0 Å². The van der Waals surface area contributed by atoms with E-state index < -0.39 is 10.0 Å². The van der Waals surface area contributed by atoms with Gasteiger partial charge in [0, 0.05) is 54.9 Å². The quantitative estimate of drug-likeness (QED) is 0.404. The summed E-state index contributed by atoms with van der Waals surface area (Å²) in [5.41, 5.74) is 2.76. The average Bonchev–Trinajstić information content (AvgIpc) is 2.87. The van der Waals surface area contributed by atoms with Crippen LogP contribution in [0.15, 0.2) is 59.6 Å². The number of amides is 1. The van der Waals surface area contributed by atoms with Gasteiger partial charge in [-0.05, 0) is 56.4 Å². The molecule has 0 bridgehead atoms. The van der Waals surface area contributed by atoms with Crippen LogP contribution in [0.2, 0.25) is 0 Å². The van der Waals surface area contributed by atoms with Crippen molar-refractivity contribution in [1.29, 1.82) is 0 Å². The smallest absolute Gasteiger partial charge is 0.253 e. The van der Waals surface area contributed by atoms with Gasteiger partial charge in [-0.2, -0.15) is 4.98 Å². The van der Waals surface area contributed by atoms with Crippen LogP contribution in [0.25, 0.3) is 0 Å². The molecule has 1 aromatic heterocycles. The minimum atomic E-state index is -3.55. The van der Waals surface area contributed by atoms with E-state index in [1.54, 1.807) is 30.5 Å². The summed E-state index contributed by atoms with van der Waals surface area (Å²) in [5.74, 6) is 0.934. The van der Waals surface area contributed by atoms with Crippen LogP contribution in [0.4, 0.5) is 23.1 Å². The number of carbonyl (C=O) groups is 1. The first kappa shape index (κ1) is 23.6. The Labute approximate surface area is 198 Å². The number of anilines is 4. The van der Waals surface area contributed by atoms with E-state index in [2.05, 4.69) is 30.6 Å². The highest BCUT2D eigenvalue weighted by molar-refractivity contribution is 7.89. The fourth-order valence-corrected chi connectivity index (χ4v) is 4.28. The molecule has 4 rings (SSSR count). The number of aromatic nitrogens is 2. The minimum Gasteiger partial charge on any atom is -0.340 e. The largest absolute Gasteiger partial charge is 0.340 e. The Morgan fingerprint density at radius 1 is 1.03 bits per heavy atom. The molecule has 0 radical (unpaired) electrons. The van der Waals surface area contributed by atoms with Crippen LogP contribution in [0, 0.1) is 6.92 Å². The summed E-state index contributed by atoms with van der Waals surface area (Å²) in [6.07, 6.45) is 1.67. The number of rotatable bonds is 7. The van der Waals surface area contributed by atoms with Gasteiger partial charge in [-0.25, -0.2) is 18.1 Å². The summed E-state index contributed by atoms with van der Waals surface area (Å²) in [6, 6.07) is 13.7. The van der Waals surface area contributed by atoms with Crippen LogP contribution in [0.5, 0.6) is 0 Å². The lowest BCUT2D eigenvalue weighted by atomic mass is 10.1. The lowest BCUT2D eigenvalue weighted by Crippen LogP contribution is -2.46. The Morgan fingerprint density at radius 2 is 1.76 bits per heavy atom. The number of aryl methyl sites for hydroxylation is 1. The van der Waals surface area contributed by atoms with Crippen molar-refractivity contribution in [3.05, 3.63) is 65.9 Å². The van der Waals surface area contributed by atoms with Crippen LogP contribution in [0.3, 0.4) is 0 Å². The summed E-state index contributed by atoms with van der Waals surface area (Å²) < 4.78 is 26.5. The van der Waals surface area contributed by atoms with E-state index in [-0.39, 0.29) is 10.8 Å². The van der Waals surface area contributed by atoms with Gasteiger partial charge in [0.1, 0.15) is 5.82 Å². The van der Waals surface area contributed by atoms with Gasteiger partial charge in [-0.1, -0.05) is 6.07 Å². The SMILES string of the molecule is CNS(=O)(=O)c1cccc(Nc2nc(Nc3ccc(C(=O)N4CCNCC4)cc3)ncc2C)c1. The van der Waals surface area contributed by atoms with Crippen molar-refractivity contribution < 1.29 is 13.2 Å². The number of carbonyl (C=O) groups excluding carboxylic acids is 1. The van der Waals surface area contributed by atoms with Gasteiger partial charge in [0.25, 0.3) is 5.91 Å². The fraction of sp³-hybridized carbons (Fsp3) is 0.261. The summed E-state index contributed by atoms with van der Waals surface area (Å²) in [4.78, 5) is 23.5. The molecule has 1 aliphatic rings. The Bertz CT molecular complexity index is 1270. The number of sulfonamides is 1. The number of piperazine rings is 1. The molecule has 0 atom stereocenters. The van der Waals surface area contributed by atoms with E-state index in [1.807, 2.05) is 24.0 Å². The number of hydrogen-bond donors (Lipinski definition) is 4. The van der Waals surface area contributed by atoms with E-state index in [0.29, 0.717) is 36.1 Å². The second kappa shape index (κ2) is 10.2. The van der Waals surface area contributed by atoms with Gasteiger partial charge in [-0.3, -0.25) is 4.79 Å². The van der Waals surface area contributed by atoms with Crippen molar-refractivity contribution in [2.75, 3.05) is 43.9 Å². The lowest BCUT2D eigenvalue weighted by molar-refractivity contribution is 0.0736. The second-order valence-corrected chi connectivity index (χ2v) is 9.72. The summed E-state index contributed by atoms with van der Waals surface area (Å²) in [5, 5.41) is 9.54. The van der Waals surface area contributed by atoms with Gasteiger partial charge in [0.05, 0.1) is 4.90 Å². The van der Waals surface area contributed by atoms with Crippen LogP contribution in [0.1, 0.15) is 15.9 Å². The second-order valence-electron chi connectivity index (χ2n) is 7.83. The zero-order valence-electron chi connectivity index (χ0n) is 19.0. The van der Waals surface area contributed by atoms with Crippen molar-refractivity contribution in [2.45, 2.75) is 11.8 Å². The predicted octanol–water partition coefficient (Wildman–Crippen LogP) is 2.23. The summed E-state index contributed by atoms with van der Waals surface area (Å²) in [6.45, 7) is 4.88. The third kappa shape index (κ3) is 5.50. The van der Waals surface area contributed by atoms with E-state index in [1.165, 1.54) is 19.2 Å². The van der Waals surface area contributed by atoms with Crippen molar-refractivity contribution in [3.8, 4) is 0 Å². The molecule has 11 heteroatoms. The van der Waals surface area contributed by atoms with Gasteiger partial charge < -0.3 is 20.9 Å². The van der Waals surface area contributed by atoms with Gasteiger partial charge in [-0.15, -0.1) is 0 Å². The van der Waals surface area contributed by atoms with Crippen molar-refractivity contribution in [2.24, 2.45) is 0 Å². The van der Waals surface area contributed by atoms with E-state index >= 15 is 0 Å². The number of benzene rings is 2. The number of nitrogens with zero attached hydrogens (tertiary/aromatic N) is 3. The number of nitrogens with one attached hydrogen (secondary N) is 4. The first-order chi connectivity index (χ1) is 16.4. The molecule has 34 heavy (non-hydrogen) atoms. The molecule has 4 N–H and O–H groups in total. The maximum Gasteiger partial charge on any atom is 0.253 e. The highest BCUT2D eigenvalue weighted by Gasteiger charge is 2.18. The molecule has 178 valence electrons. The van der Waals surface area contributed by atoms with E-state index in [0.717, 1.165) is 24.3 Å². The van der Waals surface area contributed by atoms with Crippen LogP contribution < -0.4 is 20.7 Å². The van der Waals surface area contributed by atoms with Crippen LogP contribution in [-0.2, 0) is 10.0 Å². The molecular weight excluding hydrogens is 454 g/mol. The first-order valence-corrected chi connectivity index (χ1v) is 12.4. The average molecular weight is 482 g/mol.